The molecular formula is C54H31B2N3. The number of fused-ring (bicyclic) bond motifs is 17. The molecule has 0 aliphatic carbocycles. The summed E-state index contributed by atoms with van der Waals surface area (Å²) < 4.78 is 5.24. The maximum Gasteiger partial charge on any atom is 0.252 e. The smallest absolute Gasteiger partial charge is 0.252 e. The van der Waals surface area contributed by atoms with Crippen molar-refractivity contribution in [1.29, 1.82) is 0 Å². The van der Waals surface area contributed by atoms with Crippen molar-refractivity contribution in [1.82, 2.24) is 9.13 Å². The zero-order chi connectivity index (χ0) is 38.1. The summed E-state index contributed by atoms with van der Waals surface area (Å²) >= 11 is 0. The van der Waals surface area contributed by atoms with Crippen molar-refractivity contribution in [2.45, 2.75) is 0 Å². The minimum absolute atomic E-state index is 0.0568. The first-order chi connectivity index (χ1) is 29.3. The van der Waals surface area contributed by atoms with Crippen molar-refractivity contribution in [2.24, 2.45) is 0 Å². The molecule has 4 aliphatic heterocycles. The number of hydrogen-bond acceptors (Lipinski definition) is 1. The maximum absolute atomic E-state index is 2.63. The van der Waals surface area contributed by atoms with Gasteiger partial charge in [-0.15, -0.1) is 0 Å². The molecular weight excluding hydrogens is 712 g/mol. The van der Waals surface area contributed by atoms with Crippen LogP contribution < -0.4 is 37.7 Å². The fourth-order valence-electron chi connectivity index (χ4n) is 11.9. The maximum atomic E-state index is 2.63. The summed E-state index contributed by atoms with van der Waals surface area (Å²) in [6, 6.07) is 70.9. The highest BCUT2D eigenvalue weighted by Gasteiger charge is 2.46. The monoisotopic (exact) mass is 743 g/mol. The van der Waals surface area contributed by atoms with Crippen molar-refractivity contribution in [3.8, 4) is 33.6 Å². The van der Waals surface area contributed by atoms with Crippen molar-refractivity contribution < 1.29 is 0 Å². The van der Waals surface area contributed by atoms with Gasteiger partial charge in [-0.05, 0) is 92.0 Å². The van der Waals surface area contributed by atoms with E-state index >= 15 is 0 Å². The predicted octanol–water partition coefficient (Wildman–Crippen LogP) is 8.97. The van der Waals surface area contributed by atoms with E-state index in [2.05, 4.69) is 202 Å². The molecule has 0 amide bonds. The van der Waals surface area contributed by atoms with E-state index < -0.39 is 0 Å². The SMILES string of the molecule is c1ccc(-c2ccc3c4ccc5c6c4n(c3c2)-c2cc3c(cc2B6c2ccccc2-5)B2c4ccccc4N(c4ccccc4)c4ccc5c6ccccc6n-3c5c42)cc1. The van der Waals surface area contributed by atoms with E-state index in [-0.39, 0.29) is 13.4 Å². The van der Waals surface area contributed by atoms with Crippen LogP contribution in [0.5, 0.6) is 0 Å². The molecule has 0 fully saturated rings. The summed E-state index contributed by atoms with van der Waals surface area (Å²) in [5, 5.41) is 5.22. The van der Waals surface area contributed by atoms with Gasteiger partial charge in [-0.3, -0.25) is 0 Å². The lowest BCUT2D eigenvalue weighted by Crippen LogP contribution is -2.62. The van der Waals surface area contributed by atoms with Gasteiger partial charge in [-0.1, -0.05) is 151 Å². The van der Waals surface area contributed by atoms with Crippen molar-refractivity contribution >= 4 is 107 Å². The van der Waals surface area contributed by atoms with Gasteiger partial charge in [0.05, 0.1) is 16.6 Å². The number of aromatic nitrogens is 2. The number of benzene rings is 9. The molecule has 0 unspecified atom stereocenters. The average Bonchev–Trinajstić information content (AvgIpc) is 3.94. The van der Waals surface area contributed by atoms with Gasteiger partial charge in [0.15, 0.2) is 0 Å². The third-order valence-corrected chi connectivity index (χ3v) is 14.1. The predicted molar refractivity (Wildman–Crippen MR) is 250 cm³/mol. The Morgan fingerprint density at radius 3 is 1.80 bits per heavy atom. The highest BCUT2D eigenvalue weighted by atomic mass is 15.2. The summed E-state index contributed by atoms with van der Waals surface area (Å²) in [7, 11) is 0. The van der Waals surface area contributed by atoms with Crippen molar-refractivity contribution in [2.75, 3.05) is 4.90 Å². The highest BCUT2D eigenvalue weighted by Crippen LogP contribution is 2.44. The zero-order valence-corrected chi connectivity index (χ0v) is 31.9. The highest BCUT2D eigenvalue weighted by molar-refractivity contribution is 7.03. The molecule has 2 aromatic heterocycles. The van der Waals surface area contributed by atoms with Crippen LogP contribution in [0.3, 0.4) is 0 Å². The third-order valence-electron chi connectivity index (χ3n) is 14.1. The van der Waals surface area contributed by atoms with Gasteiger partial charge in [0.2, 0.25) is 6.71 Å². The molecule has 0 atom stereocenters. The van der Waals surface area contributed by atoms with Crippen LogP contribution in [0.15, 0.2) is 188 Å². The Hall–Kier alpha value is -7.49. The molecule has 0 N–H and O–H groups in total. The Balaban J connectivity index is 1.12. The van der Waals surface area contributed by atoms with Gasteiger partial charge in [-0.25, -0.2) is 0 Å². The lowest BCUT2D eigenvalue weighted by molar-refractivity contribution is 1.14. The molecule has 0 spiro atoms. The van der Waals surface area contributed by atoms with E-state index in [4.69, 9.17) is 0 Å². The summed E-state index contributed by atoms with van der Waals surface area (Å²) in [6.07, 6.45) is 0. The van der Waals surface area contributed by atoms with Crippen LogP contribution >= 0.6 is 0 Å². The topological polar surface area (TPSA) is 13.1 Å². The summed E-state index contributed by atoms with van der Waals surface area (Å²) in [4.78, 5) is 2.49. The fraction of sp³-hybridized carbons (Fsp3) is 0. The van der Waals surface area contributed by atoms with Crippen LogP contribution in [0, 0.1) is 0 Å². The molecule has 5 heteroatoms. The van der Waals surface area contributed by atoms with Crippen LogP contribution in [-0.4, -0.2) is 22.6 Å². The minimum Gasteiger partial charge on any atom is -0.311 e. The Morgan fingerprint density at radius 1 is 0.322 bits per heavy atom. The zero-order valence-electron chi connectivity index (χ0n) is 31.9. The molecule has 59 heavy (non-hydrogen) atoms. The Labute approximate surface area is 341 Å². The first-order valence-electron chi connectivity index (χ1n) is 20.8. The molecule has 9 aromatic carbocycles. The Bertz CT molecular complexity index is 3690. The van der Waals surface area contributed by atoms with Gasteiger partial charge in [0.1, 0.15) is 0 Å². The Morgan fingerprint density at radius 2 is 0.949 bits per heavy atom. The minimum atomic E-state index is 0.0568. The summed E-state index contributed by atoms with van der Waals surface area (Å²) in [6.45, 7) is 0.190. The second kappa shape index (κ2) is 10.7. The number of hydrogen-bond donors (Lipinski definition) is 0. The summed E-state index contributed by atoms with van der Waals surface area (Å²) in [5.74, 6) is 0. The number of para-hydroxylation sites is 3. The first kappa shape index (κ1) is 30.6. The molecule has 0 saturated heterocycles. The third kappa shape index (κ3) is 3.65. The molecule has 3 nitrogen and oxygen atoms in total. The van der Waals surface area contributed by atoms with Gasteiger partial charge in [-0.2, -0.15) is 0 Å². The molecule has 0 radical (unpaired) electrons. The molecule has 4 aliphatic rings. The molecule has 15 rings (SSSR count). The second-order valence-corrected chi connectivity index (χ2v) is 16.8. The fourth-order valence-corrected chi connectivity index (χ4v) is 11.9. The molecule has 0 bridgehead atoms. The lowest BCUT2D eigenvalue weighted by atomic mass is 9.32. The number of nitrogens with zero attached hydrogens (tertiary/aromatic N) is 3. The lowest BCUT2D eigenvalue weighted by Gasteiger charge is -2.40. The normalized spacial score (nSPS) is 13.7. The van der Waals surface area contributed by atoms with Crippen LogP contribution in [0.1, 0.15) is 0 Å². The van der Waals surface area contributed by atoms with Gasteiger partial charge < -0.3 is 14.0 Å². The second-order valence-electron chi connectivity index (χ2n) is 16.8. The molecule has 0 saturated carbocycles. The van der Waals surface area contributed by atoms with E-state index in [0.717, 1.165) is 0 Å². The number of rotatable bonds is 2. The molecule has 11 aromatic rings. The largest absolute Gasteiger partial charge is 0.311 e. The van der Waals surface area contributed by atoms with Crippen LogP contribution in [0.25, 0.3) is 77.2 Å². The van der Waals surface area contributed by atoms with Gasteiger partial charge in [0.25, 0.3) is 6.71 Å². The van der Waals surface area contributed by atoms with E-state index in [1.54, 1.807) is 0 Å². The van der Waals surface area contributed by atoms with Crippen LogP contribution in [0.2, 0.25) is 0 Å². The first-order valence-corrected chi connectivity index (χ1v) is 20.8. The van der Waals surface area contributed by atoms with Crippen molar-refractivity contribution in [3.63, 3.8) is 0 Å². The van der Waals surface area contributed by atoms with Crippen LogP contribution in [-0.2, 0) is 0 Å². The van der Waals surface area contributed by atoms with Crippen LogP contribution in [0.4, 0.5) is 17.1 Å². The van der Waals surface area contributed by atoms with E-state index in [1.165, 1.54) is 127 Å². The average molecular weight is 743 g/mol. The Kier molecular flexibility index (Phi) is 5.56. The van der Waals surface area contributed by atoms with Gasteiger partial charge >= 0.3 is 0 Å². The standard InChI is InChI=1S/C54H31B2N3/c1-3-13-32(14-4-1)33-23-24-37-39-26-25-38-35-17-7-9-19-41(35)55-43-30-44-49(31-50(43)59(48(37)29-33)53(39)51(38)55)58-45-21-11-8-18-36(45)40-27-28-47-52(54(40)58)56(44)42-20-10-12-22-46(42)57(47)34-15-5-2-6-16-34/h1-31H. The molecule has 268 valence electrons. The van der Waals surface area contributed by atoms with E-state index in [0.29, 0.717) is 0 Å². The molecule has 6 heterocycles. The van der Waals surface area contributed by atoms with E-state index in [1.807, 2.05) is 0 Å². The summed E-state index contributed by atoms with van der Waals surface area (Å²) in [5.41, 5.74) is 24.9. The van der Waals surface area contributed by atoms with Crippen molar-refractivity contribution in [3.05, 3.63) is 188 Å². The quantitative estimate of drug-likeness (QED) is 0.161. The number of anilines is 3. The van der Waals surface area contributed by atoms with Gasteiger partial charge in [0, 0.05) is 55.5 Å². The van der Waals surface area contributed by atoms with E-state index in [9.17, 15) is 0 Å².